The summed E-state index contributed by atoms with van der Waals surface area (Å²) in [7, 11) is 1.28. The Balaban J connectivity index is 2.64. The summed E-state index contributed by atoms with van der Waals surface area (Å²) in [5, 5.41) is 2.55. The number of rotatable bonds is 9. The standard InChI is InChI=1S/C19H29NO6/c1-6-24-11-12-25-15-9-7-14(8-10-15)13-16(17(21)23-5)20-18(22)26-19(2,3)4/h7-10,16H,6,11-13H2,1-5H3,(H,20,22)/t16-/m1/s1. The van der Waals surface area contributed by atoms with Crippen molar-refractivity contribution < 1.29 is 28.5 Å². The smallest absolute Gasteiger partial charge is 0.408 e. The van der Waals surface area contributed by atoms with Gasteiger partial charge >= 0.3 is 12.1 Å². The van der Waals surface area contributed by atoms with E-state index in [1.54, 1.807) is 20.8 Å². The third kappa shape index (κ3) is 8.71. The molecule has 1 atom stereocenters. The predicted octanol–water partition coefficient (Wildman–Crippen LogP) is 2.71. The molecular formula is C19H29NO6. The number of nitrogens with one attached hydrogen (secondary N) is 1. The maximum absolute atomic E-state index is 12.0. The number of ether oxygens (including phenoxy) is 4. The molecule has 0 saturated carbocycles. The van der Waals surface area contributed by atoms with Gasteiger partial charge in [-0.25, -0.2) is 9.59 Å². The lowest BCUT2D eigenvalue weighted by atomic mass is 10.1. The van der Waals surface area contributed by atoms with Crippen molar-refractivity contribution in [3.05, 3.63) is 29.8 Å². The van der Waals surface area contributed by atoms with Crippen LogP contribution in [0.3, 0.4) is 0 Å². The number of hydrogen-bond donors (Lipinski definition) is 1. The van der Waals surface area contributed by atoms with Gasteiger partial charge in [0.1, 0.15) is 24.0 Å². The van der Waals surface area contributed by atoms with Crippen LogP contribution in [0.5, 0.6) is 5.75 Å². The van der Waals surface area contributed by atoms with Gasteiger partial charge in [0.15, 0.2) is 0 Å². The monoisotopic (exact) mass is 367 g/mol. The van der Waals surface area contributed by atoms with Gasteiger partial charge in [0.2, 0.25) is 0 Å². The van der Waals surface area contributed by atoms with Crippen LogP contribution in [0.2, 0.25) is 0 Å². The van der Waals surface area contributed by atoms with Crippen LogP contribution in [0.4, 0.5) is 4.79 Å². The third-order valence-electron chi connectivity index (χ3n) is 3.24. The zero-order valence-corrected chi connectivity index (χ0v) is 16.2. The summed E-state index contributed by atoms with van der Waals surface area (Å²) in [5.41, 5.74) is 0.208. The summed E-state index contributed by atoms with van der Waals surface area (Å²) in [6.45, 7) is 8.85. The zero-order valence-electron chi connectivity index (χ0n) is 16.2. The summed E-state index contributed by atoms with van der Waals surface area (Å²) < 4.78 is 20.7. The highest BCUT2D eigenvalue weighted by atomic mass is 16.6. The lowest BCUT2D eigenvalue weighted by Gasteiger charge is -2.22. The SMILES string of the molecule is CCOCCOc1ccc(C[C@@H](NC(=O)OC(C)(C)C)C(=O)OC)cc1. The van der Waals surface area contributed by atoms with Gasteiger partial charge in [0, 0.05) is 13.0 Å². The van der Waals surface area contributed by atoms with Gasteiger partial charge in [-0.3, -0.25) is 0 Å². The van der Waals surface area contributed by atoms with E-state index in [4.69, 9.17) is 18.9 Å². The predicted molar refractivity (Wildman–Crippen MR) is 97.3 cm³/mol. The van der Waals surface area contributed by atoms with Crippen LogP contribution in [-0.4, -0.2) is 50.6 Å². The molecule has 0 heterocycles. The normalized spacial score (nSPS) is 12.2. The molecule has 1 aromatic carbocycles. The number of carbonyl (C=O) groups is 2. The number of carbonyl (C=O) groups excluding carboxylic acids is 2. The molecule has 0 fully saturated rings. The molecule has 0 aromatic heterocycles. The van der Waals surface area contributed by atoms with Crippen molar-refractivity contribution in [1.82, 2.24) is 5.32 Å². The molecule has 0 spiro atoms. The molecule has 1 N–H and O–H groups in total. The molecule has 0 radical (unpaired) electrons. The number of amides is 1. The molecule has 0 unspecified atom stereocenters. The number of methoxy groups -OCH3 is 1. The maximum atomic E-state index is 12.0. The average molecular weight is 367 g/mol. The Kier molecular flexibility index (Phi) is 8.92. The molecule has 0 saturated heterocycles. The van der Waals surface area contributed by atoms with Gasteiger partial charge in [0.05, 0.1) is 13.7 Å². The lowest BCUT2D eigenvalue weighted by Crippen LogP contribution is -2.45. The molecule has 0 bridgehead atoms. The summed E-state index contributed by atoms with van der Waals surface area (Å²) >= 11 is 0. The van der Waals surface area contributed by atoms with E-state index in [2.05, 4.69) is 5.32 Å². The van der Waals surface area contributed by atoms with E-state index < -0.39 is 23.7 Å². The van der Waals surface area contributed by atoms with Crippen LogP contribution in [0.15, 0.2) is 24.3 Å². The minimum atomic E-state index is -0.834. The van der Waals surface area contributed by atoms with E-state index in [9.17, 15) is 9.59 Å². The average Bonchev–Trinajstić information content (AvgIpc) is 2.57. The van der Waals surface area contributed by atoms with Crippen molar-refractivity contribution in [2.24, 2.45) is 0 Å². The number of hydrogen-bond acceptors (Lipinski definition) is 6. The highest BCUT2D eigenvalue weighted by Crippen LogP contribution is 2.14. The van der Waals surface area contributed by atoms with Crippen molar-refractivity contribution in [3.63, 3.8) is 0 Å². The minimum Gasteiger partial charge on any atom is -0.491 e. The molecule has 7 nitrogen and oxygen atoms in total. The van der Waals surface area contributed by atoms with Crippen molar-refractivity contribution in [3.8, 4) is 5.75 Å². The molecule has 1 rings (SSSR count). The first-order valence-electron chi connectivity index (χ1n) is 8.62. The molecule has 0 aliphatic carbocycles. The van der Waals surface area contributed by atoms with Gasteiger partial charge in [-0.2, -0.15) is 0 Å². The molecular weight excluding hydrogens is 338 g/mol. The Hall–Kier alpha value is -2.28. The van der Waals surface area contributed by atoms with Crippen molar-refractivity contribution in [2.75, 3.05) is 26.9 Å². The number of esters is 1. The highest BCUT2D eigenvalue weighted by molar-refractivity contribution is 5.81. The summed E-state index contributed by atoms with van der Waals surface area (Å²) in [5.74, 6) is 0.177. The van der Waals surface area contributed by atoms with Crippen LogP contribution in [0, 0.1) is 0 Å². The third-order valence-corrected chi connectivity index (χ3v) is 3.24. The van der Waals surface area contributed by atoms with E-state index in [-0.39, 0.29) is 6.42 Å². The molecule has 0 aliphatic heterocycles. The topological polar surface area (TPSA) is 83.1 Å². The second kappa shape index (κ2) is 10.7. The van der Waals surface area contributed by atoms with Gasteiger partial charge in [-0.05, 0) is 45.4 Å². The van der Waals surface area contributed by atoms with Gasteiger partial charge in [-0.15, -0.1) is 0 Å². The Morgan fingerprint density at radius 2 is 1.77 bits per heavy atom. The molecule has 7 heteroatoms. The zero-order chi connectivity index (χ0) is 19.6. The Morgan fingerprint density at radius 1 is 1.12 bits per heavy atom. The molecule has 146 valence electrons. The summed E-state index contributed by atoms with van der Waals surface area (Å²) in [6.07, 6.45) is -0.380. The van der Waals surface area contributed by atoms with Crippen LogP contribution >= 0.6 is 0 Å². The van der Waals surface area contributed by atoms with E-state index in [0.29, 0.717) is 25.6 Å². The first-order chi connectivity index (χ1) is 12.2. The number of benzene rings is 1. The van der Waals surface area contributed by atoms with Gasteiger partial charge in [-0.1, -0.05) is 12.1 Å². The fourth-order valence-corrected chi connectivity index (χ4v) is 2.11. The van der Waals surface area contributed by atoms with E-state index in [1.807, 2.05) is 31.2 Å². The molecule has 1 aromatic rings. The maximum Gasteiger partial charge on any atom is 0.408 e. The van der Waals surface area contributed by atoms with Crippen LogP contribution < -0.4 is 10.1 Å². The fraction of sp³-hybridized carbons (Fsp3) is 0.579. The van der Waals surface area contributed by atoms with Crippen molar-refractivity contribution in [2.45, 2.75) is 45.8 Å². The van der Waals surface area contributed by atoms with E-state index in [1.165, 1.54) is 7.11 Å². The van der Waals surface area contributed by atoms with E-state index in [0.717, 1.165) is 5.56 Å². The first kappa shape index (κ1) is 21.8. The largest absolute Gasteiger partial charge is 0.491 e. The summed E-state index contributed by atoms with van der Waals surface area (Å²) in [6, 6.07) is 6.46. The number of alkyl carbamates (subject to hydrolysis) is 1. The molecule has 26 heavy (non-hydrogen) atoms. The Labute approximate surface area is 155 Å². The quantitative estimate of drug-likeness (QED) is 0.534. The van der Waals surface area contributed by atoms with Gasteiger partial charge in [0.25, 0.3) is 0 Å². The Bertz CT molecular complexity index is 564. The van der Waals surface area contributed by atoms with Crippen LogP contribution in [0.25, 0.3) is 0 Å². The fourth-order valence-electron chi connectivity index (χ4n) is 2.11. The molecule has 0 aliphatic rings. The van der Waals surface area contributed by atoms with Crippen molar-refractivity contribution in [1.29, 1.82) is 0 Å². The van der Waals surface area contributed by atoms with E-state index >= 15 is 0 Å². The highest BCUT2D eigenvalue weighted by Gasteiger charge is 2.25. The van der Waals surface area contributed by atoms with Crippen molar-refractivity contribution >= 4 is 12.1 Å². The van der Waals surface area contributed by atoms with Gasteiger partial charge < -0.3 is 24.3 Å². The Morgan fingerprint density at radius 3 is 2.31 bits per heavy atom. The molecule has 1 amide bonds. The second-order valence-electron chi connectivity index (χ2n) is 6.62. The lowest BCUT2D eigenvalue weighted by molar-refractivity contribution is -0.143. The summed E-state index contributed by atoms with van der Waals surface area (Å²) in [4.78, 5) is 23.9. The second-order valence-corrected chi connectivity index (χ2v) is 6.62. The minimum absolute atomic E-state index is 0.283. The van der Waals surface area contributed by atoms with Crippen LogP contribution in [0.1, 0.15) is 33.3 Å². The first-order valence-corrected chi connectivity index (χ1v) is 8.62. The van der Waals surface area contributed by atoms with Crippen LogP contribution in [-0.2, 0) is 25.4 Å².